The van der Waals surface area contributed by atoms with E-state index in [0.29, 0.717) is 37.5 Å². The fourth-order valence-electron chi connectivity index (χ4n) is 3.64. The van der Waals surface area contributed by atoms with Crippen LogP contribution in [-0.2, 0) is 0 Å². The molecule has 0 spiro atoms. The highest BCUT2D eigenvalue weighted by Crippen LogP contribution is 2.21. The highest BCUT2D eigenvalue weighted by atomic mass is 16.3. The SMILES string of the molecule is O=C(c1ccc(N2CCCC2)cc1)N1CCN(C(=O)c2ccco2)CC1. The van der Waals surface area contributed by atoms with Crippen molar-refractivity contribution in [3.63, 3.8) is 0 Å². The van der Waals surface area contributed by atoms with E-state index in [2.05, 4.69) is 4.90 Å². The first-order valence-electron chi connectivity index (χ1n) is 9.19. The third-order valence-corrected chi connectivity index (χ3v) is 5.17. The predicted molar refractivity (Wildman–Crippen MR) is 98.4 cm³/mol. The van der Waals surface area contributed by atoms with E-state index in [1.807, 2.05) is 29.2 Å². The number of carbonyl (C=O) groups excluding carboxylic acids is 2. The van der Waals surface area contributed by atoms with Crippen LogP contribution in [0.25, 0.3) is 0 Å². The van der Waals surface area contributed by atoms with Crippen molar-refractivity contribution in [1.29, 1.82) is 0 Å². The van der Waals surface area contributed by atoms with Gasteiger partial charge < -0.3 is 19.1 Å². The monoisotopic (exact) mass is 353 g/mol. The van der Waals surface area contributed by atoms with Crippen LogP contribution in [0.15, 0.2) is 47.1 Å². The topological polar surface area (TPSA) is 57.0 Å². The lowest BCUT2D eigenvalue weighted by Gasteiger charge is -2.34. The Morgan fingerprint density at radius 1 is 0.769 bits per heavy atom. The van der Waals surface area contributed by atoms with Gasteiger partial charge in [-0.05, 0) is 49.2 Å². The van der Waals surface area contributed by atoms with Crippen LogP contribution in [0.2, 0.25) is 0 Å². The largest absolute Gasteiger partial charge is 0.459 e. The van der Waals surface area contributed by atoms with Gasteiger partial charge in [-0.2, -0.15) is 0 Å². The maximum absolute atomic E-state index is 12.7. The van der Waals surface area contributed by atoms with Crippen LogP contribution in [0.3, 0.4) is 0 Å². The summed E-state index contributed by atoms with van der Waals surface area (Å²) in [5, 5.41) is 0. The summed E-state index contributed by atoms with van der Waals surface area (Å²) in [7, 11) is 0. The molecule has 4 rings (SSSR count). The van der Waals surface area contributed by atoms with E-state index in [9.17, 15) is 9.59 Å². The van der Waals surface area contributed by atoms with E-state index in [1.54, 1.807) is 17.0 Å². The summed E-state index contributed by atoms with van der Waals surface area (Å²) in [5.74, 6) is 0.266. The Kier molecular flexibility index (Phi) is 4.65. The van der Waals surface area contributed by atoms with Crippen molar-refractivity contribution in [3.8, 4) is 0 Å². The molecule has 0 radical (unpaired) electrons. The third kappa shape index (κ3) is 3.31. The maximum Gasteiger partial charge on any atom is 0.289 e. The molecule has 0 saturated carbocycles. The normalized spacial score (nSPS) is 17.6. The molecule has 0 N–H and O–H groups in total. The van der Waals surface area contributed by atoms with Gasteiger partial charge in [0, 0.05) is 50.5 Å². The van der Waals surface area contributed by atoms with Crippen molar-refractivity contribution in [3.05, 3.63) is 54.0 Å². The van der Waals surface area contributed by atoms with Crippen LogP contribution in [0.5, 0.6) is 0 Å². The molecular formula is C20H23N3O3. The van der Waals surface area contributed by atoms with Gasteiger partial charge in [0.1, 0.15) is 0 Å². The number of anilines is 1. The smallest absolute Gasteiger partial charge is 0.289 e. The molecular weight excluding hydrogens is 330 g/mol. The molecule has 1 aromatic carbocycles. The molecule has 0 aliphatic carbocycles. The third-order valence-electron chi connectivity index (χ3n) is 5.17. The second kappa shape index (κ2) is 7.23. The van der Waals surface area contributed by atoms with Crippen molar-refractivity contribution >= 4 is 17.5 Å². The second-order valence-corrected chi connectivity index (χ2v) is 6.80. The molecule has 2 aliphatic heterocycles. The minimum Gasteiger partial charge on any atom is -0.459 e. The lowest BCUT2D eigenvalue weighted by molar-refractivity contribution is 0.0518. The fraction of sp³-hybridized carbons (Fsp3) is 0.400. The van der Waals surface area contributed by atoms with Crippen LogP contribution in [-0.4, -0.2) is 60.9 Å². The van der Waals surface area contributed by atoms with E-state index < -0.39 is 0 Å². The summed E-state index contributed by atoms with van der Waals surface area (Å²) >= 11 is 0. The Morgan fingerprint density at radius 3 is 1.96 bits per heavy atom. The van der Waals surface area contributed by atoms with E-state index in [1.165, 1.54) is 24.8 Å². The molecule has 0 atom stereocenters. The van der Waals surface area contributed by atoms with Gasteiger partial charge in [-0.3, -0.25) is 9.59 Å². The lowest BCUT2D eigenvalue weighted by Crippen LogP contribution is -2.50. The van der Waals surface area contributed by atoms with Gasteiger partial charge >= 0.3 is 0 Å². The Hall–Kier alpha value is -2.76. The average molecular weight is 353 g/mol. The number of hydrogen-bond acceptors (Lipinski definition) is 4. The fourth-order valence-corrected chi connectivity index (χ4v) is 3.64. The number of hydrogen-bond donors (Lipinski definition) is 0. The number of benzene rings is 1. The number of carbonyl (C=O) groups is 2. The van der Waals surface area contributed by atoms with Crippen LogP contribution >= 0.6 is 0 Å². The van der Waals surface area contributed by atoms with E-state index >= 15 is 0 Å². The highest BCUT2D eigenvalue weighted by Gasteiger charge is 2.26. The summed E-state index contributed by atoms with van der Waals surface area (Å²) in [6.45, 7) is 4.32. The summed E-state index contributed by atoms with van der Waals surface area (Å²) in [5.41, 5.74) is 1.90. The number of rotatable bonds is 3. The standard InChI is InChI=1S/C20H23N3O3/c24-19(16-5-7-17(8-6-16)21-9-1-2-10-21)22-11-13-23(14-12-22)20(25)18-4-3-15-26-18/h3-8,15H,1-2,9-14H2. The molecule has 3 heterocycles. The number of furan rings is 1. The van der Waals surface area contributed by atoms with Crippen LogP contribution in [0.1, 0.15) is 33.8 Å². The number of piperazine rings is 1. The van der Waals surface area contributed by atoms with Gasteiger partial charge in [0.05, 0.1) is 6.26 Å². The Labute approximate surface area is 153 Å². The summed E-state index contributed by atoms with van der Waals surface area (Å²) in [4.78, 5) is 30.9. The Morgan fingerprint density at radius 2 is 1.38 bits per heavy atom. The van der Waals surface area contributed by atoms with E-state index in [4.69, 9.17) is 4.42 Å². The number of amides is 2. The first kappa shape index (κ1) is 16.7. The summed E-state index contributed by atoms with van der Waals surface area (Å²) in [6.07, 6.45) is 3.97. The molecule has 0 unspecified atom stereocenters. The van der Waals surface area contributed by atoms with Gasteiger partial charge in [-0.15, -0.1) is 0 Å². The zero-order valence-corrected chi connectivity index (χ0v) is 14.8. The van der Waals surface area contributed by atoms with Gasteiger partial charge in [0.25, 0.3) is 11.8 Å². The first-order valence-corrected chi connectivity index (χ1v) is 9.19. The predicted octanol–water partition coefficient (Wildman–Crippen LogP) is 2.48. The minimum atomic E-state index is -0.114. The van der Waals surface area contributed by atoms with Crippen LogP contribution in [0.4, 0.5) is 5.69 Å². The first-order chi connectivity index (χ1) is 12.7. The van der Waals surface area contributed by atoms with Crippen molar-refractivity contribution in [2.24, 2.45) is 0 Å². The zero-order chi connectivity index (χ0) is 17.9. The van der Waals surface area contributed by atoms with Crippen molar-refractivity contribution in [2.45, 2.75) is 12.8 Å². The summed E-state index contributed by atoms with van der Waals surface area (Å²) in [6, 6.07) is 11.3. The second-order valence-electron chi connectivity index (χ2n) is 6.80. The molecule has 2 fully saturated rings. The van der Waals surface area contributed by atoms with Gasteiger partial charge in [0.2, 0.25) is 0 Å². The number of nitrogens with zero attached hydrogens (tertiary/aromatic N) is 3. The zero-order valence-electron chi connectivity index (χ0n) is 14.8. The van der Waals surface area contributed by atoms with Crippen molar-refractivity contribution in [1.82, 2.24) is 9.80 Å². The molecule has 6 heteroatoms. The molecule has 1 aromatic heterocycles. The molecule has 2 aliphatic rings. The molecule has 26 heavy (non-hydrogen) atoms. The van der Waals surface area contributed by atoms with Crippen LogP contribution < -0.4 is 4.90 Å². The van der Waals surface area contributed by atoms with Gasteiger partial charge in [0.15, 0.2) is 5.76 Å². The Balaban J connectivity index is 1.35. The molecule has 2 amide bonds. The van der Waals surface area contributed by atoms with Crippen LogP contribution in [0, 0.1) is 0 Å². The molecule has 2 saturated heterocycles. The van der Waals surface area contributed by atoms with Gasteiger partial charge in [-0.25, -0.2) is 0 Å². The highest BCUT2D eigenvalue weighted by molar-refractivity contribution is 5.95. The quantitative estimate of drug-likeness (QED) is 0.851. The maximum atomic E-state index is 12.7. The molecule has 6 nitrogen and oxygen atoms in total. The molecule has 136 valence electrons. The summed E-state index contributed by atoms with van der Waals surface area (Å²) < 4.78 is 5.17. The molecule has 0 bridgehead atoms. The van der Waals surface area contributed by atoms with Crippen molar-refractivity contribution in [2.75, 3.05) is 44.2 Å². The van der Waals surface area contributed by atoms with Gasteiger partial charge in [-0.1, -0.05) is 0 Å². The Bertz CT molecular complexity index is 756. The molecule has 2 aromatic rings. The van der Waals surface area contributed by atoms with Crippen molar-refractivity contribution < 1.29 is 14.0 Å². The van der Waals surface area contributed by atoms with E-state index in [0.717, 1.165) is 13.1 Å². The van der Waals surface area contributed by atoms with E-state index in [-0.39, 0.29) is 11.8 Å². The average Bonchev–Trinajstić information content (AvgIpc) is 3.41. The lowest BCUT2D eigenvalue weighted by atomic mass is 10.1. The minimum absolute atomic E-state index is 0.0306.